The van der Waals surface area contributed by atoms with Gasteiger partial charge in [-0.15, -0.1) is 0 Å². The summed E-state index contributed by atoms with van der Waals surface area (Å²) in [5.74, 6) is 4.19. The van der Waals surface area contributed by atoms with Crippen molar-refractivity contribution in [2.24, 2.45) is 0 Å². The molecule has 0 unspecified atom stereocenters. The minimum atomic E-state index is 0.563. The third kappa shape index (κ3) is 11.1. The molecule has 0 saturated heterocycles. The number of hydrogen-bond acceptors (Lipinski definition) is 9. The van der Waals surface area contributed by atoms with Gasteiger partial charge in [-0.3, -0.25) is 0 Å². The maximum absolute atomic E-state index is 9.38. The highest BCUT2D eigenvalue weighted by Gasteiger charge is 2.20. The van der Waals surface area contributed by atoms with E-state index in [0.717, 1.165) is 127 Å². The van der Waals surface area contributed by atoms with Crippen molar-refractivity contribution in [2.75, 3.05) is 0 Å². The molecule has 0 atom stereocenters. The zero-order valence-corrected chi connectivity index (χ0v) is 50.6. The van der Waals surface area contributed by atoms with Crippen molar-refractivity contribution in [3.05, 3.63) is 327 Å². The largest absolute Gasteiger partial charge is 0.237 e. The predicted molar refractivity (Wildman–Crippen MR) is 379 cm³/mol. The van der Waals surface area contributed by atoms with Crippen molar-refractivity contribution in [2.45, 2.75) is 0 Å². The number of rotatable bonds is 13. The molecule has 16 aromatic rings. The van der Waals surface area contributed by atoms with Crippen molar-refractivity contribution in [1.82, 2.24) is 39.9 Å². The molecule has 0 aliphatic carbocycles. The Kier molecular flexibility index (Phi) is 14.8. The van der Waals surface area contributed by atoms with Crippen LogP contribution in [0.2, 0.25) is 0 Å². The van der Waals surface area contributed by atoms with Crippen LogP contribution in [0, 0.1) is 11.3 Å². The summed E-state index contributed by atoms with van der Waals surface area (Å²) in [6, 6.07) is 109. The first-order valence-electron chi connectivity index (χ1n) is 31.1. The zero-order chi connectivity index (χ0) is 62.7. The van der Waals surface area contributed by atoms with Crippen molar-refractivity contribution < 1.29 is 0 Å². The van der Waals surface area contributed by atoms with Crippen LogP contribution in [0.25, 0.3) is 168 Å². The van der Waals surface area contributed by atoms with Crippen molar-refractivity contribution in [1.29, 1.82) is 5.26 Å². The topological polar surface area (TPSA) is 127 Å². The molecule has 0 spiro atoms. The third-order valence-corrected chi connectivity index (χ3v) is 17.2. The fraction of sp³-hybridized carbons (Fsp3) is 0. The summed E-state index contributed by atoms with van der Waals surface area (Å²) in [5.41, 5.74) is 19.8. The summed E-state index contributed by atoms with van der Waals surface area (Å²) in [7, 11) is 0. The van der Waals surface area contributed by atoms with E-state index in [0.29, 0.717) is 46.3 Å². The van der Waals surface area contributed by atoms with Crippen LogP contribution in [-0.4, -0.2) is 39.9 Å². The molecule has 3 heterocycles. The van der Waals surface area contributed by atoms with Crippen LogP contribution in [0.5, 0.6) is 0 Å². The normalized spacial score (nSPS) is 11.2. The van der Waals surface area contributed by atoms with E-state index in [4.69, 9.17) is 29.9 Å². The molecular formula is C85H53N9. The summed E-state index contributed by atoms with van der Waals surface area (Å²) in [6.07, 6.45) is 3.54. The first-order valence-corrected chi connectivity index (χ1v) is 31.1. The van der Waals surface area contributed by atoms with Gasteiger partial charge in [0.1, 0.15) is 0 Å². The van der Waals surface area contributed by atoms with Crippen molar-refractivity contribution in [3.63, 3.8) is 0 Å². The Morgan fingerprint density at radius 3 is 1.09 bits per heavy atom. The molecule has 0 bridgehead atoms. The lowest BCUT2D eigenvalue weighted by molar-refractivity contribution is 1.07. The highest BCUT2D eigenvalue weighted by molar-refractivity contribution is 6.10. The second kappa shape index (κ2) is 24.7. The molecule has 0 aliphatic heterocycles. The standard InChI is InChI=1S/C85H53N9/c86-54-55-27-29-56(30-28-55)57-31-33-59(34-32-57)73-48-47-58-15-10-11-24-72(58)77(73)61-37-43-68(44-38-61)84-92-82(65-20-8-3-9-21-65)93-85(94-84)70-23-12-22-69(53-70)71-25-13-26-76-75(71)50-49-74(60-35-41-66(42-36-60)79-87-51-14-52-88-79)78(76)62-39-45-67(46-40-62)83-90-80(63-16-4-1-5-17-63)89-81(91-83)64-18-6-2-7-19-64/h1-53H. The Bertz CT molecular complexity index is 5430. The minimum Gasteiger partial charge on any atom is -0.237 e. The van der Waals surface area contributed by atoms with E-state index >= 15 is 0 Å². The molecule has 9 nitrogen and oxygen atoms in total. The molecular weight excluding hydrogens is 1150 g/mol. The summed E-state index contributed by atoms with van der Waals surface area (Å²) in [6.45, 7) is 0. The molecule has 94 heavy (non-hydrogen) atoms. The van der Waals surface area contributed by atoms with Crippen molar-refractivity contribution >= 4 is 21.5 Å². The Labute approximate surface area is 543 Å². The molecule has 3 aromatic heterocycles. The van der Waals surface area contributed by atoms with Gasteiger partial charge in [0.2, 0.25) is 0 Å². The third-order valence-electron chi connectivity index (χ3n) is 17.2. The van der Waals surface area contributed by atoms with Crippen LogP contribution < -0.4 is 0 Å². The summed E-state index contributed by atoms with van der Waals surface area (Å²) in [5, 5.41) is 13.9. The number of nitrogens with zero attached hydrogens (tertiary/aromatic N) is 9. The van der Waals surface area contributed by atoms with Gasteiger partial charge in [0.25, 0.3) is 0 Å². The quantitative estimate of drug-likeness (QED) is 0.111. The Balaban J connectivity index is 0.777. The lowest BCUT2D eigenvalue weighted by atomic mass is 9.86. The fourth-order valence-electron chi connectivity index (χ4n) is 12.5. The molecule has 0 aliphatic rings. The van der Waals surface area contributed by atoms with Crippen LogP contribution in [0.4, 0.5) is 0 Å². The summed E-state index contributed by atoms with van der Waals surface area (Å²) < 4.78 is 0. The van der Waals surface area contributed by atoms with Gasteiger partial charge in [0.15, 0.2) is 40.8 Å². The van der Waals surface area contributed by atoms with Gasteiger partial charge in [-0.1, -0.05) is 285 Å². The van der Waals surface area contributed by atoms with Gasteiger partial charge in [-0.2, -0.15) is 5.26 Å². The van der Waals surface area contributed by atoms with E-state index in [9.17, 15) is 5.26 Å². The smallest absolute Gasteiger partial charge is 0.164 e. The SMILES string of the molecule is N#Cc1ccc(-c2ccc(-c3ccc4ccccc4c3-c3ccc(-c4nc(-c5ccccc5)nc(-c5cccc(-c6cccc7c(-c8ccc(-c9nc(-c%10ccccc%10)nc(-c%10ccccc%10)n9)cc8)c(-c8ccc(-c9ncccn9)cc8)ccc67)c5)n4)cc3)cc2)cc1. The van der Waals surface area contributed by atoms with E-state index < -0.39 is 0 Å². The summed E-state index contributed by atoms with van der Waals surface area (Å²) >= 11 is 0. The number of benzene rings is 13. The highest BCUT2D eigenvalue weighted by Crippen LogP contribution is 2.44. The van der Waals surface area contributed by atoms with Gasteiger partial charge < -0.3 is 0 Å². The van der Waals surface area contributed by atoms with Crippen LogP contribution >= 0.6 is 0 Å². The van der Waals surface area contributed by atoms with E-state index in [1.807, 2.05) is 121 Å². The fourth-order valence-corrected chi connectivity index (χ4v) is 12.5. The first-order chi connectivity index (χ1) is 46.5. The molecule has 0 N–H and O–H groups in total. The molecule has 0 fully saturated rings. The Morgan fingerprint density at radius 2 is 0.574 bits per heavy atom. The van der Waals surface area contributed by atoms with Crippen LogP contribution in [0.1, 0.15) is 5.56 Å². The number of fused-ring (bicyclic) bond motifs is 2. The highest BCUT2D eigenvalue weighted by atomic mass is 15.0. The molecule has 9 heteroatoms. The number of hydrogen-bond donors (Lipinski definition) is 0. The molecule has 0 radical (unpaired) electrons. The van der Waals surface area contributed by atoms with Gasteiger partial charge in [-0.05, 0) is 113 Å². The first kappa shape index (κ1) is 56.2. The van der Waals surface area contributed by atoms with Crippen LogP contribution in [0.15, 0.2) is 322 Å². The van der Waals surface area contributed by atoms with Gasteiger partial charge >= 0.3 is 0 Å². The Hall–Kier alpha value is -13.0. The average molecular weight is 1200 g/mol. The van der Waals surface area contributed by atoms with E-state index in [-0.39, 0.29) is 0 Å². The second-order valence-electron chi connectivity index (χ2n) is 23.0. The molecule has 438 valence electrons. The van der Waals surface area contributed by atoms with E-state index in [1.54, 1.807) is 12.4 Å². The van der Waals surface area contributed by atoms with Gasteiger partial charge in [-0.25, -0.2) is 39.9 Å². The predicted octanol–water partition coefficient (Wildman–Crippen LogP) is 20.7. The number of nitriles is 1. The lowest BCUT2D eigenvalue weighted by Crippen LogP contribution is -2.00. The number of aromatic nitrogens is 8. The maximum Gasteiger partial charge on any atom is 0.164 e. The zero-order valence-electron chi connectivity index (χ0n) is 50.6. The van der Waals surface area contributed by atoms with Crippen LogP contribution in [-0.2, 0) is 0 Å². The van der Waals surface area contributed by atoms with Gasteiger partial charge in [0, 0.05) is 51.3 Å². The lowest BCUT2D eigenvalue weighted by Gasteiger charge is -2.17. The molecule has 13 aromatic carbocycles. The van der Waals surface area contributed by atoms with E-state index in [1.165, 1.54) is 0 Å². The van der Waals surface area contributed by atoms with Gasteiger partial charge in [0.05, 0.1) is 11.6 Å². The molecule has 0 amide bonds. The average Bonchev–Trinajstić information content (AvgIpc) is 0.799. The maximum atomic E-state index is 9.38. The van der Waals surface area contributed by atoms with E-state index in [2.05, 4.69) is 204 Å². The molecule has 16 rings (SSSR count). The minimum absolute atomic E-state index is 0.563. The Morgan fingerprint density at radius 1 is 0.213 bits per heavy atom. The summed E-state index contributed by atoms with van der Waals surface area (Å²) in [4.78, 5) is 39.8. The molecule has 0 saturated carbocycles. The van der Waals surface area contributed by atoms with Crippen LogP contribution in [0.3, 0.4) is 0 Å². The second-order valence-corrected chi connectivity index (χ2v) is 23.0. The van der Waals surface area contributed by atoms with Crippen molar-refractivity contribution in [3.8, 4) is 153 Å². The monoisotopic (exact) mass is 1200 g/mol.